The molecule has 0 aromatic carbocycles. The molecule has 0 bridgehead atoms. The minimum absolute atomic E-state index is 0.135. The van der Waals surface area contributed by atoms with E-state index >= 15 is 0 Å². The zero-order chi connectivity index (χ0) is 10.6. The van der Waals surface area contributed by atoms with Crippen LogP contribution in [0.5, 0.6) is 0 Å². The molecular formula is C7H14N2O4P+. The minimum Gasteiger partial charge on any atom is -0.303 e. The van der Waals surface area contributed by atoms with Crippen molar-refractivity contribution < 1.29 is 23.1 Å². The van der Waals surface area contributed by atoms with Gasteiger partial charge >= 0.3 is 7.82 Å². The number of aromatic nitrogens is 2. The second kappa shape index (κ2) is 4.70. The lowest BCUT2D eigenvalue weighted by molar-refractivity contribution is -0.671. The van der Waals surface area contributed by atoms with Crippen molar-refractivity contribution in [2.75, 3.05) is 13.7 Å². The van der Waals surface area contributed by atoms with Crippen molar-refractivity contribution in [3.8, 4) is 0 Å². The molecule has 0 saturated heterocycles. The molecule has 7 heteroatoms. The third-order valence-electron chi connectivity index (χ3n) is 1.66. The van der Waals surface area contributed by atoms with Crippen molar-refractivity contribution in [1.29, 1.82) is 0 Å². The van der Waals surface area contributed by atoms with E-state index in [4.69, 9.17) is 4.89 Å². The third-order valence-corrected chi connectivity index (χ3v) is 2.63. The van der Waals surface area contributed by atoms with E-state index < -0.39 is 7.82 Å². The summed E-state index contributed by atoms with van der Waals surface area (Å²) in [5.74, 6) is 0. The van der Waals surface area contributed by atoms with Crippen LogP contribution in [0, 0.1) is 0 Å². The molecule has 1 aromatic heterocycles. The van der Waals surface area contributed by atoms with Crippen LogP contribution in [0.15, 0.2) is 18.7 Å². The molecule has 1 N–H and O–H groups in total. The second-order valence-electron chi connectivity index (χ2n) is 2.80. The van der Waals surface area contributed by atoms with Gasteiger partial charge in [-0.25, -0.2) is 13.7 Å². The second-order valence-corrected chi connectivity index (χ2v) is 4.36. The summed E-state index contributed by atoms with van der Waals surface area (Å²) in [5.41, 5.74) is 0. The molecule has 1 aromatic rings. The molecule has 14 heavy (non-hydrogen) atoms. The topological polar surface area (TPSA) is 64.6 Å². The lowest BCUT2D eigenvalue weighted by Crippen LogP contribution is -2.24. The van der Waals surface area contributed by atoms with E-state index in [9.17, 15) is 4.57 Å². The van der Waals surface area contributed by atoms with Gasteiger partial charge in [-0.2, -0.15) is 0 Å². The quantitative estimate of drug-likeness (QED) is 0.564. The molecule has 0 aliphatic heterocycles. The first-order valence-electron chi connectivity index (χ1n) is 4.07. The molecule has 0 aliphatic carbocycles. The first kappa shape index (κ1) is 11.4. The monoisotopic (exact) mass is 221 g/mol. The van der Waals surface area contributed by atoms with Crippen molar-refractivity contribution >= 4 is 7.82 Å². The van der Waals surface area contributed by atoms with Crippen LogP contribution >= 0.6 is 7.82 Å². The van der Waals surface area contributed by atoms with Crippen LogP contribution in [0.25, 0.3) is 0 Å². The van der Waals surface area contributed by atoms with Gasteiger partial charge in [0, 0.05) is 7.11 Å². The van der Waals surface area contributed by atoms with Gasteiger partial charge in [0.2, 0.25) is 6.33 Å². The highest BCUT2D eigenvalue weighted by Gasteiger charge is 2.18. The number of nitrogens with zero attached hydrogens (tertiary/aromatic N) is 2. The number of phosphoric acid groups is 1. The number of imidazole rings is 1. The number of rotatable bonds is 5. The predicted octanol–water partition coefficient (Wildman–Crippen LogP) is 0.0760. The van der Waals surface area contributed by atoms with Gasteiger partial charge in [-0.05, 0) is 0 Å². The van der Waals surface area contributed by atoms with E-state index in [0.29, 0.717) is 6.54 Å². The fraction of sp³-hybridized carbons (Fsp3) is 0.571. The summed E-state index contributed by atoms with van der Waals surface area (Å²) in [7, 11) is -0.796. The summed E-state index contributed by atoms with van der Waals surface area (Å²) in [6, 6.07) is 0. The van der Waals surface area contributed by atoms with Gasteiger partial charge < -0.3 is 4.89 Å². The molecular weight excluding hydrogens is 207 g/mol. The van der Waals surface area contributed by atoms with E-state index in [1.807, 2.05) is 34.9 Å². The van der Waals surface area contributed by atoms with Crippen molar-refractivity contribution in [3.63, 3.8) is 0 Å². The van der Waals surface area contributed by atoms with Gasteiger partial charge in [-0.3, -0.25) is 9.05 Å². The fourth-order valence-electron chi connectivity index (χ4n) is 0.948. The zero-order valence-electron chi connectivity index (χ0n) is 8.16. The Bertz CT molecular complexity index is 338. The number of hydrogen-bond acceptors (Lipinski definition) is 3. The van der Waals surface area contributed by atoms with E-state index in [1.165, 1.54) is 0 Å². The Morgan fingerprint density at radius 2 is 2.36 bits per heavy atom. The molecule has 0 fully saturated rings. The Kier molecular flexibility index (Phi) is 3.83. The Morgan fingerprint density at radius 3 is 2.86 bits per heavy atom. The summed E-state index contributed by atoms with van der Waals surface area (Å²) in [6.07, 6.45) is 5.56. The molecule has 1 heterocycles. The van der Waals surface area contributed by atoms with Crippen molar-refractivity contribution in [3.05, 3.63) is 18.7 Å². The zero-order valence-corrected chi connectivity index (χ0v) is 9.05. The number of phosphoric ester groups is 1. The van der Waals surface area contributed by atoms with E-state index in [0.717, 1.165) is 7.11 Å². The minimum atomic E-state index is -3.82. The summed E-state index contributed by atoms with van der Waals surface area (Å²) >= 11 is 0. The van der Waals surface area contributed by atoms with Gasteiger partial charge in [-0.1, -0.05) is 0 Å². The Balaban J connectivity index is 2.32. The van der Waals surface area contributed by atoms with Crippen LogP contribution in [0.4, 0.5) is 0 Å². The highest BCUT2D eigenvalue weighted by molar-refractivity contribution is 7.47. The van der Waals surface area contributed by atoms with Gasteiger partial charge in [0.05, 0.1) is 13.7 Å². The molecule has 1 atom stereocenters. The molecule has 1 unspecified atom stereocenters. The SMILES string of the molecule is COP(=O)(O)OCCn1cc[n+](C)c1. The molecule has 0 saturated carbocycles. The van der Waals surface area contributed by atoms with Crippen LogP contribution in [-0.4, -0.2) is 23.2 Å². The van der Waals surface area contributed by atoms with E-state index in [1.54, 1.807) is 0 Å². The molecule has 1 rings (SSSR count). The standard InChI is InChI=1S/C7H13N2O4P/c1-8-3-4-9(7-8)5-6-13-14(10,11)12-2/h3-4,7H,5-6H2,1-2H3/p+1. The fourth-order valence-corrected chi connectivity index (χ4v) is 1.37. The Labute approximate surface area is 82.3 Å². The lowest BCUT2D eigenvalue weighted by Gasteiger charge is -2.07. The normalized spacial score (nSPS) is 15.4. The van der Waals surface area contributed by atoms with Gasteiger partial charge in [-0.15, -0.1) is 0 Å². The van der Waals surface area contributed by atoms with Crippen molar-refractivity contribution in [2.24, 2.45) is 7.05 Å². The first-order valence-corrected chi connectivity index (χ1v) is 5.57. The average molecular weight is 221 g/mol. The van der Waals surface area contributed by atoms with E-state index in [-0.39, 0.29) is 6.61 Å². The largest absolute Gasteiger partial charge is 0.472 e. The molecule has 6 nitrogen and oxygen atoms in total. The molecule has 0 amide bonds. The predicted molar refractivity (Wildman–Crippen MR) is 48.4 cm³/mol. The lowest BCUT2D eigenvalue weighted by atomic mass is 10.7. The van der Waals surface area contributed by atoms with Crippen LogP contribution in [0.1, 0.15) is 0 Å². The smallest absolute Gasteiger partial charge is 0.303 e. The highest BCUT2D eigenvalue weighted by atomic mass is 31.2. The number of aryl methyl sites for hydroxylation is 1. The molecule has 0 radical (unpaired) electrons. The third kappa shape index (κ3) is 3.59. The Morgan fingerprint density at radius 1 is 1.64 bits per heavy atom. The van der Waals surface area contributed by atoms with Crippen LogP contribution in [0.2, 0.25) is 0 Å². The summed E-state index contributed by atoms with van der Waals surface area (Å²) in [6.45, 7) is 0.644. The highest BCUT2D eigenvalue weighted by Crippen LogP contribution is 2.41. The van der Waals surface area contributed by atoms with Gasteiger partial charge in [0.25, 0.3) is 0 Å². The van der Waals surface area contributed by atoms with Crippen LogP contribution in [0.3, 0.4) is 0 Å². The maximum Gasteiger partial charge on any atom is 0.472 e. The maximum atomic E-state index is 10.9. The van der Waals surface area contributed by atoms with Crippen molar-refractivity contribution in [2.45, 2.75) is 6.54 Å². The molecule has 0 spiro atoms. The van der Waals surface area contributed by atoms with Crippen LogP contribution in [-0.2, 0) is 27.2 Å². The van der Waals surface area contributed by atoms with Gasteiger partial charge in [0.15, 0.2) is 0 Å². The van der Waals surface area contributed by atoms with Gasteiger partial charge in [0.1, 0.15) is 18.9 Å². The van der Waals surface area contributed by atoms with E-state index in [2.05, 4.69) is 9.05 Å². The Hall–Kier alpha value is -0.680. The van der Waals surface area contributed by atoms with Crippen LogP contribution < -0.4 is 4.57 Å². The molecule has 80 valence electrons. The summed E-state index contributed by atoms with van der Waals surface area (Å²) in [4.78, 5) is 8.90. The molecule has 0 aliphatic rings. The number of hydrogen-bond donors (Lipinski definition) is 1. The summed E-state index contributed by atoms with van der Waals surface area (Å²) < 4.78 is 23.5. The average Bonchev–Trinajstić information content (AvgIpc) is 2.51. The summed E-state index contributed by atoms with van der Waals surface area (Å²) in [5, 5.41) is 0. The van der Waals surface area contributed by atoms with Crippen molar-refractivity contribution in [1.82, 2.24) is 4.57 Å². The maximum absolute atomic E-state index is 10.9. The first-order chi connectivity index (χ1) is 6.53.